The highest BCUT2D eigenvalue weighted by Crippen LogP contribution is 2.49. The van der Waals surface area contributed by atoms with Gasteiger partial charge in [0.1, 0.15) is 0 Å². The van der Waals surface area contributed by atoms with E-state index in [0.717, 1.165) is 24.2 Å². The summed E-state index contributed by atoms with van der Waals surface area (Å²) in [6.07, 6.45) is 8.21. The molecule has 0 radical (unpaired) electrons. The third-order valence-corrected chi connectivity index (χ3v) is 5.84. The van der Waals surface area contributed by atoms with E-state index in [1.54, 1.807) is 0 Å². The number of rotatable bonds is 6. The third-order valence-electron chi connectivity index (χ3n) is 5.84. The highest BCUT2D eigenvalue weighted by molar-refractivity contribution is 5.25. The van der Waals surface area contributed by atoms with Crippen molar-refractivity contribution in [3.8, 4) is 0 Å². The molecular formula is C19H30N2. The van der Waals surface area contributed by atoms with Crippen molar-refractivity contribution in [2.45, 2.75) is 64.3 Å². The van der Waals surface area contributed by atoms with Gasteiger partial charge in [-0.25, -0.2) is 0 Å². The first kappa shape index (κ1) is 15.1. The van der Waals surface area contributed by atoms with Gasteiger partial charge in [-0.15, -0.1) is 0 Å². The van der Waals surface area contributed by atoms with Gasteiger partial charge < -0.3 is 0 Å². The van der Waals surface area contributed by atoms with Gasteiger partial charge >= 0.3 is 0 Å². The zero-order valence-electron chi connectivity index (χ0n) is 13.5. The molecule has 4 atom stereocenters. The quantitative estimate of drug-likeness (QED) is 0.612. The molecule has 0 aliphatic heterocycles. The lowest BCUT2D eigenvalue weighted by Crippen LogP contribution is -2.39. The monoisotopic (exact) mass is 286 g/mol. The van der Waals surface area contributed by atoms with Gasteiger partial charge in [-0.2, -0.15) is 0 Å². The molecule has 2 bridgehead atoms. The topological polar surface area (TPSA) is 38.0 Å². The zero-order valence-corrected chi connectivity index (χ0v) is 13.5. The van der Waals surface area contributed by atoms with E-state index in [2.05, 4.69) is 43.5 Å². The lowest BCUT2D eigenvalue weighted by atomic mass is 9.83. The minimum atomic E-state index is 0.430. The summed E-state index contributed by atoms with van der Waals surface area (Å²) in [7, 11) is 0. The van der Waals surface area contributed by atoms with Crippen LogP contribution >= 0.6 is 0 Å². The Bertz CT molecular complexity index is 451. The standard InChI is InChI=1S/C19H30N2/c1-13(2)16-6-3-14(4-7-16)11-19(21-20)12-18-10-15-5-8-17(18)9-15/h3-4,6-7,13,15,17-19,21H,5,8-12,20H2,1-2H3. The normalized spacial score (nSPS) is 29.2. The van der Waals surface area contributed by atoms with Crippen molar-refractivity contribution in [1.82, 2.24) is 5.43 Å². The number of nitrogens with two attached hydrogens (primary N) is 1. The van der Waals surface area contributed by atoms with Gasteiger partial charge in [-0.05, 0) is 66.9 Å². The van der Waals surface area contributed by atoms with E-state index < -0.39 is 0 Å². The first-order valence-corrected chi connectivity index (χ1v) is 8.70. The second kappa shape index (κ2) is 6.50. The summed E-state index contributed by atoms with van der Waals surface area (Å²) in [5.74, 6) is 9.38. The van der Waals surface area contributed by atoms with Gasteiger partial charge in [-0.3, -0.25) is 11.3 Å². The Balaban J connectivity index is 1.56. The molecular weight excluding hydrogens is 256 g/mol. The van der Waals surface area contributed by atoms with E-state index in [9.17, 15) is 0 Å². The van der Waals surface area contributed by atoms with Crippen molar-refractivity contribution in [3.05, 3.63) is 35.4 Å². The molecule has 116 valence electrons. The smallest absolute Gasteiger partial charge is 0.0253 e. The summed E-state index contributed by atoms with van der Waals surface area (Å²) in [6.45, 7) is 4.49. The van der Waals surface area contributed by atoms with E-state index in [1.165, 1.54) is 43.2 Å². The second-order valence-corrected chi connectivity index (χ2v) is 7.63. The summed E-state index contributed by atoms with van der Waals surface area (Å²) in [6, 6.07) is 9.52. The van der Waals surface area contributed by atoms with Crippen LogP contribution in [0.25, 0.3) is 0 Å². The molecule has 2 nitrogen and oxygen atoms in total. The second-order valence-electron chi connectivity index (χ2n) is 7.63. The molecule has 2 saturated carbocycles. The Morgan fingerprint density at radius 3 is 2.43 bits per heavy atom. The molecule has 3 rings (SSSR count). The number of hydrogen-bond acceptors (Lipinski definition) is 2. The molecule has 4 unspecified atom stereocenters. The maximum Gasteiger partial charge on any atom is 0.0253 e. The van der Waals surface area contributed by atoms with Gasteiger partial charge in [-0.1, -0.05) is 44.5 Å². The van der Waals surface area contributed by atoms with Crippen LogP contribution in [0.2, 0.25) is 0 Å². The molecule has 2 aliphatic carbocycles. The summed E-state index contributed by atoms with van der Waals surface area (Å²) in [5.41, 5.74) is 5.90. The SMILES string of the molecule is CC(C)c1ccc(CC(CC2CC3CCC2C3)NN)cc1. The highest BCUT2D eigenvalue weighted by Gasteiger charge is 2.39. The average Bonchev–Trinajstić information content (AvgIpc) is 3.09. The van der Waals surface area contributed by atoms with Crippen molar-refractivity contribution < 1.29 is 0 Å². The van der Waals surface area contributed by atoms with Crippen LogP contribution in [-0.2, 0) is 6.42 Å². The van der Waals surface area contributed by atoms with Crippen LogP contribution in [-0.4, -0.2) is 6.04 Å². The van der Waals surface area contributed by atoms with E-state index in [4.69, 9.17) is 5.84 Å². The molecule has 0 spiro atoms. The lowest BCUT2D eigenvalue weighted by molar-refractivity contribution is 0.277. The van der Waals surface area contributed by atoms with Gasteiger partial charge in [0.25, 0.3) is 0 Å². The summed E-state index contributed by atoms with van der Waals surface area (Å²) < 4.78 is 0. The van der Waals surface area contributed by atoms with Crippen molar-refractivity contribution in [3.63, 3.8) is 0 Å². The van der Waals surface area contributed by atoms with Gasteiger partial charge in [0.15, 0.2) is 0 Å². The van der Waals surface area contributed by atoms with Crippen LogP contribution in [0.1, 0.15) is 63.0 Å². The Labute approximate surface area is 129 Å². The largest absolute Gasteiger partial charge is 0.271 e. The Morgan fingerprint density at radius 2 is 1.90 bits per heavy atom. The molecule has 1 aromatic rings. The van der Waals surface area contributed by atoms with Crippen LogP contribution in [0.15, 0.2) is 24.3 Å². The number of nitrogens with one attached hydrogen (secondary N) is 1. The van der Waals surface area contributed by atoms with Crippen LogP contribution < -0.4 is 11.3 Å². The van der Waals surface area contributed by atoms with E-state index in [1.807, 2.05) is 0 Å². The predicted octanol–water partition coefficient (Wildman–Crippen LogP) is 4.01. The molecule has 0 heterocycles. The molecule has 0 aromatic heterocycles. The van der Waals surface area contributed by atoms with E-state index >= 15 is 0 Å². The van der Waals surface area contributed by atoms with Crippen molar-refractivity contribution in [1.29, 1.82) is 0 Å². The first-order valence-electron chi connectivity index (χ1n) is 8.70. The molecule has 3 N–H and O–H groups in total. The average molecular weight is 286 g/mol. The first-order chi connectivity index (χ1) is 10.2. The van der Waals surface area contributed by atoms with Gasteiger partial charge in [0.05, 0.1) is 0 Å². The van der Waals surface area contributed by atoms with Crippen LogP contribution in [0.3, 0.4) is 0 Å². The summed E-state index contributed by atoms with van der Waals surface area (Å²) in [5, 5.41) is 0. The Morgan fingerprint density at radius 1 is 1.14 bits per heavy atom. The molecule has 2 heteroatoms. The van der Waals surface area contributed by atoms with Crippen LogP contribution in [0.5, 0.6) is 0 Å². The van der Waals surface area contributed by atoms with Gasteiger partial charge in [0, 0.05) is 6.04 Å². The fraction of sp³-hybridized carbons (Fsp3) is 0.684. The summed E-state index contributed by atoms with van der Waals surface area (Å²) >= 11 is 0. The summed E-state index contributed by atoms with van der Waals surface area (Å²) in [4.78, 5) is 0. The predicted molar refractivity (Wildman–Crippen MR) is 88.9 cm³/mol. The molecule has 2 aliphatic rings. The van der Waals surface area contributed by atoms with Gasteiger partial charge in [0.2, 0.25) is 0 Å². The third kappa shape index (κ3) is 3.49. The van der Waals surface area contributed by atoms with Crippen LogP contribution in [0.4, 0.5) is 0 Å². The van der Waals surface area contributed by atoms with E-state index in [-0.39, 0.29) is 0 Å². The maximum atomic E-state index is 5.82. The fourth-order valence-electron chi connectivity index (χ4n) is 4.56. The Kier molecular flexibility index (Phi) is 4.66. The highest BCUT2D eigenvalue weighted by atomic mass is 15.2. The molecule has 0 saturated heterocycles. The minimum absolute atomic E-state index is 0.430. The van der Waals surface area contributed by atoms with E-state index in [0.29, 0.717) is 12.0 Å². The zero-order chi connectivity index (χ0) is 14.8. The molecule has 21 heavy (non-hydrogen) atoms. The maximum absolute atomic E-state index is 5.82. The number of fused-ring (bicyclic) bond motifs is 2. The molecule has 0 amide bonds. The fourth-order valence-corrected chi connectivity index (χ4v) is 4.56. The number of hydrazine groups is 1. The van der Waals surface area contributed by atoms with Crippen LogP contribution in [0, 0.1) is 17.8 Å². The van der Waals surface area contributed by atoms with Crippen molar-refractivity contribution in [2.75, 3.05) is 0 Å². The molecule has 1 aromatic carbocycles. The minimum Gasteiger partial charge on any atom is -0.271 e. The molecule has 2 fully saturated rings. The van der Waals surface area contributed by atoms with Crippen molar-refractivity contribution >= 4 is 0 Å². The Hall–Kier alpha value is -0.860. The van der Waals surface area contributed by atoms with Crippen molar-refractivity contribution in [2.24, 2.45) is 23.6 Å². The lowest BCUT2D eigenvalue weighted by Gasteiger charge is -2.26. The number of hydrogen-bond donors (Lipinski definition) is 2. The number of benzene rings is 1.